The maximum Gasteiger partial charge on any atom is 0.315 e. The molecule has 0 aliphatic carbocycles. The summed E-state index contributed by atoms with van der Waals surface area (Å²) in [5.74, 6) is 3.07. The van der Waals surface area contributed by atoms with Gasteiger partial charge in [0.2, 0.25) is 0 Å². The Balaban J connectivity index is 1.50. The molecule has 1 saturated heterocycles. The monoisotopic (exact) mass is 429 g/mol. The Labute approximate surface area is 183 Å². The summed E-state index contributed by atoms with van der Waals surface area (Å²) in [4.78, 5) is 14.7. The fraction of sp³-hybridized carbons (Fsp3) is 0.435. The first-order valence-corrected chi connectivity index (χ1v) is 10.3. The Bertz CT molecular complexity index is 864. The van der Waals surface area contributed by atoms with E-state index in [1.165, 1.54) is 0 Å². The van der Waals surface area contributed by atoms with Crippen molar-refractivity contribution < 1.29 is 23.7 Å². The van der Waals surface area contributed by atoms with Gasteiger partial charge in [-0.15, -0.1) is 0 Å². The van der Waals surface area contributed by atoms with Crippen LogP contribution in [0.1, 0.15) is 12.0 Å². The van der Waals surface area contributed by atoms with Gasteiger partial charge in [-0.1, -0.05) is 6.07 Å². The molecule has 168 valence electrons. The molecule has 0 aromatic heterocycles. The van der Waals surface area contributed by atoms with Gasteiger partial charge < -0.3 is 34.5 Å². The van der Waals surface area contributed by atoms with Gasteiger partial charge in [-0.05, 0) is 24.5 Å². The van der Waals surface area contributed by atoms with Crippen LogP contribution >= 0.6 is 0 Å². The summed E-state index contributed by atoms with van der Waals surface area (Å²) < 4.78 is 21.4. The predicted molar refractivity (Wildman–Crippen MR) is 120 cm³/mol. The van der Waals surface area contributed by atoms with Crippen molar-refractivity contribution >= 4 is 11.7 Å². The lowest BCUT2D eigenvalue weighted by atomic mass is 10.1. The average Bonchev–Trinajstić information content (AvgIpc) is 3.30. The van der Waals surface area contributed by atoms with Crippen LogP contribution < -0.4 is 34.5 Å². The number of hydrogen-bond donors (Lipinski definition) is 2. The first-order chi connectivity index (χ1) is 15.1. The maximum absolute atomic E-state index is 12.4. The highest BCUT2D eigenvalue weighted by Gasteiger charge is 2.23. The number of amides is 2. The van der Waals surface area contributed by atoms with Crippen molar-refractivity contribution in [3.63, 3.8) is 0 Å². The van der Waals surface area contributed by atoms with Gasteiger partial charge in [0.15, 0.2) is 0 Å². The van der Waals surface area contributed by atoms with Crippen molar-refractivity contribution in [1.82, 2.24) is 10.6 Å². The molecule has 3 rings (SSSR count). The van der Waals surface area contributed by atoms with Gasteiger partial charge in [-0.3, -0.25) is 0 Å². The Morgan fingerprint density at radius 1 is 0.968 bits per heavy atom. The van der Waals surface area contributed by atoms with E-state index >= 15 is 0 Å². The standard InChI is InChI=1S/C23H31N3O5/c1-28-18-7-5-6-17(10-18)26-9-8-16(15-26)13-24-23(27)25-14-20-21(30-3)11-19(29-2)12-22(20)31-4/h5-7,10-12,16H,8-9,13-15H2,1-4H3,(H2,24,25,27). The number of benzene rings is 2. The van der Waals surface area contributed by atoms with E-state index in [9.17, 15) is 4.79 Å². The minimum Gasteiger partial charge on any atom is -0.497 e. The SMILES string of the molecule is COc1cccc(N2CCC(CNC(=O)NCc3c(OC)cc(OC)cc3OC)C2)c1. The lowest BCUT2D eigenvalue weighted by Gasteiger charge is -2.19. The highest BCUT2D eigenvalue weighted by atomic mass is 16.5. The third-order valence-electron chi connectivity index (χ3n) is 5.50. The number of urea groups is 1. The molecule has 31 heavy (non-hydrogen) atoms. The van der Waals surface area contributed by atoms with Crippen molar-refractivity contribution in [2.75, 3.05) is 53.0 Å². The molecule has 8 nitrogen and oxygen atoms in total. The number of carbonyl (C=O) groups is 1. The third kappa shape index (κ3) is 5.65. The number of methoxy groups -OCH3 is 4. The van der Waals surface area contributed by atoms with Crippen LogP contribution in [-0.4, -0.2) is 54.1 Å². The molecule has 1 heterocycles. The highest BCUT2D eigenvalue weighted by Crippen LogP contribution is 2.34. The molecular weight excluding hydrogens is 398 g/mol. The summed E-state index contributed by atoms with van der Waals surface area (Å²) in [5.41, 5.74) is 1.90. The average molecular weight is 430 g/mol. The summed E-state index contributed by atoms with van der Waals surface area (Å²) in [7, 11) is 6.40. The lowest BCUT2D eigenvalue weighted by Crippen LogP contribution is -2.38. The molecule has 0 radical (unpaired) electrons. The van der Waals surface area contributed by atoms with E-state index in [1.54, 1.807) is 40.6 Å². The van der Waals surface area contributed by atoms with Gasteiger partial charge in [-0.25, -0.2) is 4.79 Å². The zero-order chi connectivity index (χ0) is 22.2. The number of hydrogen-bond acceptors (Lipinski definition) is 6. The number of rotatable bonds is 9. The fourth-order valence-corrected chi connectivity index (χ4v) is 3.76. The molecule has 1 aliphatic heterocycles. The van der Waals surface area contributed by atoms with E-state index in [0.717, 1.165) is 36.5 Å². The summed E-state index contributed by atoms with van der Waals surface area (Å²) in [5, 5.41) is 5.87. The summed E-state index contributed by atoms with van der Waals surface area (Å²) >= 11 is 0. The number of ether oxygens (including phenoxy) is 4. The minimum atomic E-state index is -0.222. The van der Waals surface area contributed by atoms with Gasteiger partial charge in [0.05, 0.1) is 40.5 Å². The van der Waals surface area contributed by atoms with E-state index in [2.05, 4.69) is 21.6 Å². The van der Waals surface area contributed by atoms with Crippen LogP contribution in [0.15, 0.2) is 36.4 Å². The topological polar surface area (TPSA) is 81.3 Å². The zero-order valence-corrected chi connectivity index (χ0v) is 18.6. The lowest BCUT2D eigenvalue weighted by molar-refractivity contribution is 0.238. The largest absolute Gasteiger partial charge is 0.497 e. The first kappa shape index (κ1) is 22.4. The quantitative estimate of drug-likeness (QED) is 0.638. The van der Waals surface area contributed by atoms with Crippen LogP contribution in [0.2, 0.25) is 0 Å². The van der Waals surface area contributed by atoms with E-state index in [4.69, 9.17) is 18.9 Å². The molecule has 2 amide bonds. The van der Waals surface area contributed by atoms with Crippen LogP contribution in [0.5, 0.6) is 23.0 Å². The third-order valence-corrected chi connectivity index (χ3v) is 5.50. The Kier molecular flexibility index (Phi) is 7.70. The molecule has 2 N–H and O–H groups in total. The highest BCUT2D eigenvalue weighted by molar-refractivity contribution is 5.74. The second-order valence-corrected chi connectivity index (χ2v) is 7.38. The number of anilines is 1. The smallest absolute Gasteiger partial charge is 0.315 e. The Morgan fingerprint density at radius 2 is 1.68 bits per heavy atom. The minimum absolute atomic E-state index is 0.222. The van der Waals surface area contributed by atoms with Crippen molar-refractivity contribution in [2.45, 2.75) is 13.0 Å². The molecule has 1 atom stereocenters. The van der Waals surface area contributed by atoms with Crippen molar-refractivity contribution in [3.8, 4) is 23.0 Å². The summed E-state index contributed by atoms with van der Waals surface area (Å²) in [6.45, 7) is 2.75. The fourth-order valence-electron chi connectivity index (χ4n) is 3.76. The van der Waals surface area contributed by atoms with E-state index < -0.39 is 0 Å². The van der Waals surface area contributed by atoms with Crippen LogP contribution in [-0.2, 0) is 6.54 Å². The molecule has 1 unspecified atom stereocenters. The van der Waals surface area contributed by atoms with Gasteiger partial charge >= 0.3 is 6.03 Å². The Hall–Kier alpha value is -3.29. The number of carbonyl (C=O) groups excluding carboxylic acids is 1. The van der Waals surface area contributed by atoms with Crippen LogP contribution in [0.3, 0.4) is 0 Å². The van der Waals surface area contributed by atoms with Crippen LogP contribution in [0, 0.1) is 5.92 Å². The normalized spacial score (nSPS) is 15.4. The van der Waals surface area contributed by atoms with Crippen molar-refractivity contribution in [1.29, 1.82) is 0 Å². The molecule has 1 aliphatic rings. The maximum atomic E-state index is 12.4. The Morgan fingerprint density at radius 3 is 2.32 bits per heavy atom. The molecule has 0 spiro atoms. The molecule has 8 heteroatoms. The number of nitrogens with one attached hydrogen (secondary N) is 2. The molecule has 1 fully saturated rings. The second kappa shape index (κ2) is 10.7. The molecule has 2 aromatic rings. The van der Waals surface area contributed by atoms with Crippen LogP contribution in [0.25, 0.3) is 0 Å². The van der Waals surface area contributed by atoms with E-state index in [1.807, 2.05) is 18.2 Å². The second-order valence-electron chi connectivity index (χ2n) is 7.38. The van der Waals surface area contributed by atoms with Crippen LogP contribution in [0.4, 0.5) is 10.5 Å². The molecule has 0 saturated carbocycles. The molecular formula is C23H31N3O5. The molecule has 0 bridgehead atoms. The summed E-state index contributed by atoms with van der Waals surface area (Å²) in [6, 6.07) is 11.4. The van der Waals surface area contributed by atoms with Crippen molar-refractivity contribution in [3.05, 3.63) is 42.0 Å². The summed E-state index contributed by atoms with van der Waals surface area (Å²) in [6.07, 6.45) is 1.03. The van der Waals surface area contributed by atoms with E-state index in [-0.39, 0.29) is 12.6 Å². The van der Waals surface area contributed by atoms with Gasteiger partial charge in [0, 0.05) is 43.5 Å². The van der Waals surface area contributed by atoms with Gasteiger partial charge in [-0.2, -0.15) is 0 Å². The number of nitrogens with zero attached hydrogens (tertiary/aromatic N) is 1. The first-order valence-electron chi connectivity index (χ1n) is 10.3. The van der Waals surface area contributed by atoms with E-state index in [0.29, 0.717) is 29.7 Å². The predicted octanol–water partition coefficient (Wildman–Crippen LogP) is 3.05. The molecule has 2 aromatic carbocycles. The zero-order valence-electron chi connectivity index (χ0n) is 18.6. The van der Waals surface area contributed by atoms with Gasteiger partial charge in [0.1, 0.15) is 23.0 Å². The van der Waals surface area contributed by atoms with Crippen molar-refractivity contribution in [2.24, 2.45) is 5.92 Å². The van der Waals surface area contributed by atoms with Gasteiger partial charge in [0.25, 0.3) is 0 Å².